The van der Waals surface area contributed by atoms with E-state index in [0.717, 1.165) is 28.0 Å². The van der Waals surface area contributed by atoms with E-state index in [1.165, 1.54) is 0 Å². The molecule has 7 atom stereocenters. The SMILES string of the molecule is COCCOCCOc1ccc(Cc2cc([C@@H]3O[C@H](CO)[C@@H](O)[C@H](O)[C@H]3O)ccc2Cl)cc1.N[C@@H](Cc1ccccc1)C(=O)O.N[C@@H](Cc1ccccc1)C(=O)O. The smallest absolute Gasteiger partial charge is 0.320 e. The van der Waals surface area contributed by atoms with Crippen LogP contribution in [0.3, 0.4) is 0 Å². The maximum absolute atomic E-state index is 10.4. The number of methoxy groups -OCH3 is 1. The van der Waals surface area contributed by atoms with Gasteiger partial charge in [-0.2, -0.15) is 0 Å². The van der Waals surface area contributed by atoms with E-state index in [0.29, 0.717) is 56.3 Å². The van der Waals surface area contributed by atoms with Crippen LogP contribution in [-0.4, -0.2) is 119 Å². The zero-order chi connectivity index (χ0) is 41.7. The second kappa shape index (κ2) is 25.0. The highest BCUT2D eigenvalue weighted by Gasteiger charge is 2.44. The molecule has 0 aliphatic carbocycles. The van der Waals surface area contributed by atoms with Gasteiger partial charge in [0.25, 0.3) is 0 Å². The van der Waals surface area contributed by atoms with Crippen molar-refractivity contribution in [1.82, 2.24) is 0 Å². The molecule has 0 bridgehead atoms. The molecular weight excluding hydrogens is 760 g/mol. The average Bonchev–Trinajstić information content (AvgIpc) is 3.21. The average molecular weight is 813 g/mol. The van der Waals surface area contributed by atoms with Crippen molar-refractivity contribution in [2.45, 2.75) is 61.9 Å². The van der Waals surface area contributed by atoms with Crippen LogP contribution in [0.5, 0.6) is 5.75 Å². The first-order valence-electron chi connectivity index (χ1n) is 18.3. The Bertz CT molecular complexity index is 1690. The van der Waals surface area contributed by atoms with Gasteiger partial charge in [0, 0.05) is 12.1 Å². The van der Waals surface area contributed by atoms with E-state index in [9.17, 15) is 30.0 Å². The molecule has 1 saturated heterocycles. The Morgan fingerprint density at radius 3 is 1.77 bits per heavy atom. The Morgan fingerprint density at radius 2 is 1.26 bits per heavy atom. The number of hydrogen-bond donors (Lipinski definition) is 8. The van der Waals surface area contributed by atoms with Crippen LogP contribution >= 0.6 is 11.6 Å². The van der Waals surface area contributed by atoms with Crippen LogP contribution in [0.15, 0.2) is 103 Å². The molecule has 0 spiro atoms. The minimum Gasteiger partial charge on any atom is -0.491 e. The van der Waals surface area contributed by atoms with Gasteiger partial charge in [-0.05, 0) is 65.3 Å². The van der Waals surface area contributed by atoms with Crippen LogP contribution in [-0.2, 0) is 43.1 Å². The Kier molecular flexibility index (Phi) is 20.6. The third-order valence-electron chi connectivity index (χ3n) is 8.77. The van der Waals surface area contributed by atoms with Crippen molar-refractivity contribution in [3.8, 4) is 5.75 Å². The molecule has 1 aliphatic heterocycles. The lowest BCUT2D eigenvalue weighted by Crippen LogP contribution is -2.55. The first-order chi connectivity index (χ1) is 27.3. The Balaban J connectivity index is 0.000000294. The number of aliphatic hydroxyl groups excluding tert-OH is 4. The third-order valence-corrected chi connectivity index (χ3v) is 9.14. The molecular formula is C42H53ClN2O12. The van der Waals surface area contributed by atoms with Gasteiger partial charge >= 0.3 is 11.9 Å². The van der Waals surface area contributed by atoms with Crippen molar-refractivity contribution in [3.05, 3.63) is 136 Å². The van der Waals surface area contributed by atoms with E-state index in [2.05, 4.69) is 0 Å². The molecule has 0 aromatic heterocycles. The minimum atomic E-state index is -1.43. The number of carbonyl (C=O) groups is 2. The maximum atomic E-state index is 10.4. The fraction of sp³-hybridized carbons (Fsp3) is 0.381. The van der Waals surface area contributed by atoms with Gasteiger partial charge < -0.3 is 61.1 Å². The summed E-state index contributed by atoms with van der Waals surface area (Å²) in [5.74, 6) is -1.19. The van der Waals surface area contributed by atoms with Crippen molar-refractivity contribution in [2.75, 3.05) is 40.1 Å². The molecule has 310 valence electrons. The standard InChI is InChI=1S/C24H31ClO8.2C9H11NO2/c1-30-8-9-31-10-11-32-18-5-2-15(3-6-18)12-17-13-16(4-7-19(17)25)24-23(29)22(28)21(27)20(14-26)33-24;2*10-8(9(11)12)6-7-4-2-1-3-5-7/h2-7,13,20-24,26-29H,8-12,14H2,1H3;2*1-5,8H,6,10H2,(H,11,12)/t20-,21-,22+,23-,24+;2*8-/m100/s1. The summed E-state index contributed by atoms with van der Waals surface area (Å²) >= 11 is 6.40. The quantitative estimate of drug-likeness (QED) is 0.0716. The second-order valence-electron chi connectivity index (χ2n) is 13.1. The van der Waals surface area contributed by atoms with Gasteiger partial charge in [0.2, 0.25) is 0 Å². The van der Waals surface area contributed by atoms with E-state index in [4.69, 9.17) is 52.2 Å². The van der Waals surface area contributed by atoms with Crippen LogP contribution in [0.2, 0.25) is 5.02 Å². The summed E-state index contributed by atoms with van der Waals surface area (Å²) in [4.78, 5) is 20.8. The molecule has 1 fully saturated rings. The lowest BCUT2D eigenvalue weighted by molar-refractivity contribution is -0.231. The van der Waals surface area contributed by atoms with Gasteiger partial charge in [-0.3, -0.25) is 9.59 Å². The number of carboxylic acids is 2. The first-order valence-corrected chi connectivity index (χ1v) is 18.6. The summed E-state index contributed by atoms with van der Waals surface area (Å²) in [6, 6.07) is 29.9. The zero-order valence-corrected chi connectivity index (χ0v) is 32.4. The van der Waals surface area contributed by atoms with Crippen LogP contribution in [0.25, 0.3) is 0 Å². The predicted octanol–water partition coefficient (Wildman–Crippen LogP) is 2.77. The summed E-state index contributed by atoms with van der Waals surface area (Å²) in [6.07, 6.45) is -4.74. The molecule has 0 unspecified atom stereocenters. The molecule has 10 N–H and O–H groups in total. The van der Waals surface area contributed by atoms with Crippen molar-refractivity contribution in [3.63, 3.8) is 0 Å². The minimum absolute atomic E-state index is 0.385. The Labute approximate surface area is 337 Å². The summed E-state index contributed by atoms with van der Waals surface area (Å²) in [6.45, 7) is 1.52. The van der Waals surface area contributed by atoms with Crippen molar-refractivity contribution in [2.24, 2.45) is 11.5 Å². The molecule has 0 saturated carbocycles. The molecule has 0 radical (unpaired) electrons. The number of aliphatic carboxylic acids is 2. The van der Waals surface area contributed by atoms with Crippen LogP contribution < -0.4 is 16.2 Å². The van der Waals surface area contributed by atoms with Crippen LogP contribution in [0.1, 0.15) is 33.9 Å². The molecule has 5 rings (SSSR count). The van der Waals surface area contributed by atoms with E-state index in [1.807, 2.05) is 84.9 Å². The monoisotopic (exact) mass is 812 g/mol. The molecule has 15 heteroatoms. The number of hydrogen-bond acceptors (Lipinski definition) is 12. The van der Waals surface area contributed by atoms with Gasteiger partial charge in [-0.25, -0.2) is 0 Å². The Morgan fingerprint density at radius 1 is 0.719 bits per heavy atom. The van der Waals surface area contributed by atoms with Gasteiger partial charge in [0.15, 0.2) is 0 Å². The molecule has 4 aromatic carbocycles. The molecule has 4 aromatic rings. The lowest BCUT2D eigenvalue weighted by atomic mass is 9.90. The fourth-order valence-electron chi connectivity index (χ4n) is 5.58. The summed E-state index contributed by atoms with van der Waals surface area (Å²) in [5.41, 5.74) is 15.0. The van der Waals surface area contributed by atoms with Crippen molar-refractivity contribution >= 4 is 23.5 Å². The molecule has 14 nitrogen and oxygen atoms in total. The fourth-order valence-corrected chi connectivity index (χ4v) is 5.77. The highest BCUT2D eigenvalue weighted by atomic mass is 35.5. The van der Waals surface area contributed by atoms with Gasteiger partial charge in [0.1, 0.15) is 55.0 Å². The van der Waals surface area contributed by atoms with Gasteiger partial charge in [-0.1, -0.05) is 96.5 Å². The molecule has 1 heterocycles. The number of aliphatic hydroxyl groups is 4. The Hall–Kier alpha value is -4.45. The third kappa shape index (κ3) is 16.1. The number of carboxylic acid groups (broad SMARTS) is 2. The largest absolute Gasteiger partial charge is 0.491 e. The normalized spacial score (nSPS) is 19.8. The summed E-state index contributed by atoms with van der Waals surface area (Å²) < 4.78 is 21.6. The van der Waals surface area contributed by atoms with Crippen LogP contribution in [0, 0.1) is 0 Å². The van der Waals surface area contributed by atoms with E-state index >= 15 is 0 Å². The summed E-state index contributed by atoms with van der Waals surface area (Å²) in [5, 5.41) is 57.5. The lowest BCUT2D eigenvalue weighted by Gasteiger charge is -2.40. The molecule has 1 aliphatic rings. The van der Waals surface area contributed by atoms with Crippen molar-refractivity contribution in [1.29, 1.82) is 0 Å². The number of nitrogens with two attached hydrogens (primary N) is 2. The van der Waals surface area contributed by atoms with Crippen molar-refractivity contribution < 1.29 is 59.2 Å². The topological polar surface area (TPSA) is 244 Å². The van der Waals surface area contributed by atoms with E-state index in [-0.39, 0.29) is 0 Å². The van der Waals surface area contributed by atoms with Gasteiger partial charge in [-0.15, -0.1) is 0 Å². The number of benzene rings is 4. The highest BCUT2D eigenvalue weighted by molar-refractivity contribution is 6.31. The summed E-state index contributed by atoms with van der Waals surface area (Å²) in [7, 11) is 1.63. The van der Waals surface area contributed by atoms with Crippen LogP contribution in [0.4, 0.5) is 0 Å². The number of rotatable bonds is 17. The maximum Gasteiger partial charge on any atom is 0.320 e. The van der Waals surface area contributed by atoms with E-state index in [1.54, 1.807) is 25.3 Å². The molecule has 0 amide bonds. The predicted molar refractivity (Wildman–Crippen MR) is 213 cm³/mol. The number of halogens is 1. The van der Waals surface area contributed by atoms with E-state index < -0.39 is 61.1 Å². The molecule has 57 heavy (non-hydrogen) atoms. The number of ether oxygens (including phenoxy) is 4. The first kappa shape index (κ1) is 46.9. The highest BCUT2D eigenvalue weighted by Crippen LogP contribution is 2.34. The zero-order valence-electron chi connectivity index (χ0n) is 31.7. The second-order valence-corrected chi connectivity index (χ2v) is 13.6. The van der Waals surface area contributed by atoms with Gasteiger partial charge in [0.05, 0.1) is 26.4 Å².